The monoisotopic (exact) mass is 294 g/mol. The lowest BCUT2D eigenvalue weighted by Crippen LogP contribution is -2.53. The Balaban J connectivity index is 1.96. The molecule has 1 atom stereocenters. The summed E-state index contributed by atoms with van der Waals surface area (Å²) in [7, 11) is 0. The highest BCUT2D eigenvalue weighted by atomic mass is 19.1. The third kappa shape index (κ3) is 3.58. The van der Waals surface area contributed by atoms with Crippen LogP contribution in [0.2, 0.25) is 0 Å². The summed E-state index contributed by atoms with van der Waals surface area (Å²) in [5, 5.41) is 9.15. The minimum absolute atomic E-state index is 0.141. The number of benzene rings is 1. The highest BCUT2D eigenvalue weighted by molar-refractivity contribution is 5.94. The molecule has 1 fully saturated rings. The predicted molar refractivity (Wildman–Crippen MR) is 75.6 cm³/mol. The van der Waals surface area contributed by atoms with Crippen molar-refractivity contribution in [3.05, 3.63) is 35.6 Å². The van der Waals surface area contributed by atoms with E-state index in [1.54, 1.807) is 4.90 Å². The van der Waals surface area contributed by atoms with Gasteiger partial charge < -0.3 is 10.0 Å². The van der Waals surface area contributed by atoms with Crippen LogP contribution in [0.1, 0.15) is 23.7 Å². The smallest absolute Gasteiger partial charge is 0.320 e. The van der Waals surface area contributed by atoms with Crippen molar-refractivity contribution < 1.29 is 19.1 Å². The molecule has 1 aromatic rings. The molecule has 1 aliphatic rings. The third-order valence-corrected chi connectivity index (χ3v) is 3.81. The Morgan fingerprint density at radius 3 is 2.24 bits per heavy atom. The molecule has 0 saturated carbocycles. The van der Waals surface area contributed by atoms with E-state index in [2.05, 4.69) is 0 Å². The Bertz CT molecular complexity index is 510. The Morgan fingerprint density at radius 1 is 1.19 bits per heavy atom. The van der Waals surface area contributed by atoms with E-state index in [0.717, 1.165) is 0 Å². The molecule has 0 spiro atoms. The zero-order chi connectivity index (χ0) is 15.4. The van der Waals surface area contributed by atoms with Crippen LogP contribution in [0.15, 0.2) is 24.3 Å². The maximum Gasteiger partial charge on any atom is 0.320 e. The first-order chi connectivity index (χ1) is 10.0. The normalized spacial score (nSPS) is 17.5. The van der Waals surface area contributed by atoms with Gasteiger partial charge in [0, 0.05) is 31.7 Å². The number of rotatable bonds is 4. The van der Waals surface area contributed by atoms with Crippen LogP contribution in [0, 0.1) is 5.82 Å². The standard InChI is InChI=1S/C15H19FN2O3/c1-2-13(15(20)21)17-7-9-18(10-8-17)14(19)11-3-5-12(16)6-4-11/h3-6,13H,2,7-10H2,1H3,(H,20,21). The van der Waals surface area contributed by atoms with Gasteiger partial charge in [0.2, 0.25) is 0 Å². The van der Waals surface area contributed by atoms with E-state index in [-0.39, 0.29) is 11.7 Å². The van der Waals surface area contributed by atoms with Gasteiger partial charge in [0.15, 0.2) is 0 Å². The molecule has 0 aromatic heterocycles. The van der Waals surface area contributed by atoms with Gasteiger partial charge >= 0.3 is 5.97 Å². The minimum atomic E-state index is -0.823. The van der Waals surface area contributed by atoms with Crippen molar-refractivity contribution in [2.45, 2.75) is 19.4 Å². The number of carboxylic acids is 1. The van der Waals surface area contributed by atoms with Crippen molar-refractivity contribution in [1.82, 2.24) is 9.80 Å². The molecule has 6 heteroatoms. The first kappa shape index (κ1) is 15.4. The summed E-state index contributed by atoms with van der Waals surface area (Å²) in [4.78, 5) is 27.0. The van der Waals surface area contributed by atoms with E-state index in [9.17, 15) is 14.0 Å². The van der Waals surface area contributed by atoms with Crippen LogP contribution in [-0.4, -0.2) is 59.0 Å². The summed E-state index contributed by atoms with van der Waals surface area (Å²) in [5.74, 6) is -1.34. The number of amides is 1. The number of halogens is 1. The maximum absolute atomic E-state index is 12.9. The van der Waals surface area contributed by atoms with Crippen LogP contribution in [-0.2, 0) is 4.79 Å². The molecule has 0 bridgehead atoms. The van der Waals surface area contributed by atoms with Crippen molar-refractivity contribution in [3.63, 3.8) is 0 Å². The Morgan fingerprint density at radius 2 is 1.76 bits per heavy atom. The lowest BCUT2D eigenvalue weighted by atomic mass is 10.1. The molecule has 1 aliphatic heterocycles. The number of piperazine rings is 1. The molecule has 1 heterocycles. The molecule has 0 radical (unpaired) electrons. The molecule has 1 N–H and O–H groups in total. The van der Waals surface area contributed by atoms with Gasteiger partial charge in [-0.2, -0.15) is 0 Å². The van der Waals surface area contributed by atoms with Gasteiger partial charge in [-0.15, -0.1) is 0 Å². The molecule has 2 rings (SSSR count). The topological polar surface area (TPSA) is 60.9 Å². The summed E-state index contributed by atoms with van der Waals surface area (Å²) in [5.41, 5.74) is 0.454. The fourth-order valence-corrected chi connectivity index (χ4v) is 2.60. The van der Waals surface area contributed by atoms with Crippen LogP contribution in [0.4, 0.5) is 4.39 Å². The molecule has 21 heavy (non-hydrogen) atoms. The quantitative estimate of drug-likeness (QED) is 0.913. The van der Waals surface area contributed by atoms with Gasteiger partial charge in [-0.1, -0.05) is 6.92 Å². The molecule has 1 unspecified atom stereocenters. The van der Waals surface area contributed by atoms with E-state index in [1.807, 2.05) is 11.8 Å². The molecule has 1 amide bonds. The van der Waals surface area contributed by atoms with E-state index < -0.39 is 12.0 Å². The fourth-order valence-electron chi connectivity index (χ4n) is 2.60. The van der Waals surface area contributed by atoms with Crippen LogP contribution < -0.4 is 0 Å². The van der Waals surface area contributed by atoms with E-state index in [0.29, 0.717) is 38.2 Å². The first-order valence-corrected chi connectivity index (χ1v) is 7.04. The lowest BCUT2D eigenvalue weighted by Gasteiger charge is -2.37. The summed E-state index contributed by atoms with van der Waals surface area (Å²) < 4.78 is 12.9. The predicted octanol–water partition coefficient (Wildman–Crippen LogP) is 1.45. The van der Waals surface area contributed by atoms with Gasteiger partial charge in [-0.25, -0.2) is 4.39 Å². The van der Waals surface area contributed by atoms with Gasteiger partial charge in [-0.05, 0) is 30.7 Å². The third-order valence-electron chi connectivity index (χ3n) is 3.81. The summed E-state index contributed by atoms with van der Waals surface area (Å²) in [6.45, 7) is 3.89. The van der Waals surface area contributed by atoms with Crippen LogP contribution in [0.3, 0.4) is 0 Å². The summed E-state index contributed by atoms with van der Waals surface area (Å²) in [6, 6.07) is 4.97. The SMILES string of the molecule is CCC(C(=O)O)N1CCN(C(=O)c2ccc(F)cc2)CC1. The van der Waals surface area contributed by atoms with E-state index >= 15 is 0 Å². The van der Waals surface area contributed by atoms with Crippen molar-refractivity contribution >= 4 is 11.9 Å². The maximum atomic E-state index is 12.9. The zero-order valence-corrected chi connectivity index (χ0v) is 12.0. The highest BCUT2D eigenvalue weighted by Gasteiger charge is 2.29. The average molecular weight is 294 g/mol. The molecular formula is C15H19FN2O3. The highest BCUT2D eigenvalue weighted by Crippen LogP contribution is 2.13. The molecule has 1 saturated heterocycles. The van der Waals surface area contributed by atoms with Crippen molar-refractivity contribution in [1.29, 1.82) is 0 Å². The van der Waals surface area contributed by atoms with Crippen LogP contribution in [0.25, 0.3) is 0 Å². The minimum Gasteiger partial charge on any atom is -0.480 e. The molecule has 0 aliphatic carbocycles. The number of carbonyl (C=O) groups is 2. The van der Waals surface area contributed by atoms with Crippen molar-refractivity contribution in [3.8, 4) is 0 Å². The van der Waals surface area contributed by atoms with Gasteiger partial charge in [0.05, 0.1) is 0 Å². The van der Waals surface area contributed by atoms with Crippen molar-refractivity contribution in [2.24, 2.45) is 0 Å². The lowest BCUT2D eigenvalue weighted by molar-refractivity contribution is -0.144. The average Bonchev–Trinajstić information content (AvgIpc) is 2.48. The van der Waals surface area contributed by atoms with Gasteiger partial charge in [0.1, 0.15) is 11.9 Å². The Labute approximate surface area is 123 Å². The second kappa shape index (κ2) is 6.67. The first-order valence-electron chi connectivity index (χ1n) is 7.04. The number of carboxylic acid groups (broad SMARTS) is 1. The molecule has 5 nitrogen and oxygen atoms in total. The zero-order valence-electron chi connectivity index (χ0n) is 12.0. The summed E-state index contributed by atoms with van der Waals surface area (Å²) >= 11 is 0. The fraction of sp³-hybridized carbons (Fsp3) is 0.467. The van der Waals surface area contributed by atoms with Crippen molar-refractivity contribution in [2.75, 3.05) is 26.2 Å². The van der Waals surface area contributed by atoms with Gasteiger partial charge in [-0.3, -0.25) is 14.5 Å². The number of carbonyl (C=O) groups excluding carboxylic acids is 1. The van der Waals surface area contributed by atoms with Gasteiger partial charge in [0.25, 0.3) is 5.91 Å². The second-order valence-corrected chi connectivity index (χ2v) is 5.10. The van der Waals surface area contributed by atoms with E-state index in [4.69, 9.17) is 5.11 Å². The van der Waals surface area contributed by atoms with E-state index in [1.165, 1.54) is 24.3 Å². The Kier molecular flexibility index (Phi) is 4.90. The molecular weight excluding hydrogens is 275 g/mol. The number of nitrogens with zero attached hydrogens (tertiary/aromatic N) is 2. The largest absolute Gasteiger partial charge is 0.480 e. The number of hydrogen-bond donors (Lipinski definition) is 1. The number of hydrogen-bond acceptors (Lipinski definition) is 3. The molecule has 114 valence electrons. The Hall–Kier alpha value is -1.95. The van der Waals surface area contributed by atoms with Crippen LogP contribution in [0.5, 0.6) is 0 Å². The second-order valence-electron chi connectivity index (χ2n) is 5.10. The summed E-state index contributed by atoms with van der Waals surface area (Å²) in [6.07, 6.45) is 0.543. The number of aliphatic carboxylic acids is 1. The molecule has 1 aromatic carbocycles. The van der Waals surface area contributed by atoms with Crippen LogP contribution >= 0.6 is 0 Å².